The summed E-state index contributed by atoms with van der Waals surface area (Å²) in [5.41, 5.74) is 1.84. The predicted molar refractivity (Wildman–Crippen MR) is 57.1 cm³/mol. The Bertz CT molecular complexity index is 450. The Morgan fingerprint density at radius 1 is 1.19 bits per heavy atom. The van der Waals surface area contributed by atoms with Gasteiger partial charge in [-0.2, -0.15) is 5.26 Å². The maximum atomic E-state index is 9.08. The topological polar surface area (TPSA) is 42.2 Å². The lowest BCUT2D eigenvalue weighted by atomic mass is 10.1. The van der Waals surface area contributed by atoms with Gasteiger partial charge in [0.05, 0.1) is 19.3 Å². The summed E-state index contributed by atoms with van der Waals surface area (Å²) in [4.78, 5) is 0. The third-order valence-electron chi connectivity index (χ3n) is 3.59. The van der Waals surface area contributed by atoms with Crippen molar-refractivity contribution in [3.8, 4) is 6.07 Å². The van der Waals surface area contributed by atoms with Crippen LogP contribution >= 0.6 is 0 Å². The van der Waals surface area contributed by atoms with Gasteiger partial charge in [0.15, 0.2) is 5.79 Å². The van der Waals surface area contributed by atoms with Crippen LogP contribution in [0.2, 0.25) is 0 Å². The van der Waals surface area contributed by atoms with Gasteiger partial charge in [0.25, 0.3) is 0 Å². The van der Waals surface area contributed by atoms with Gasteiger partial charge in [-0.05, 0) is 18.1 Å². The fourth-order valence-corrected chi connectivity index (χ4v) is 2.24. The Morgan fingerprint density at radius 2 is 1.75 bits per heavy atom. The summed E-state index contributed by atoms with van der Waals surface area (Å²) < 4.78 is 11.6. The highest BCUT2D eigenvalue weighted by molar-refractivity contribution is 5.29. The van der Waals surface area contributed by atoms with Crippen molar-refractivity contribution in [2.24, 2.45) is 5.41 Å². The second-order valence-corrected chi connectivity index (χ2v) is 4.72. The molecule has 0 bridgehead atoms. The number of rotatable bonds is 0. The van der Waals surface area contributed by atoms with Crippen molar-refractivity contribution in [3.05, 3.63) is 35.4 Å². The zero-order chi connectivity index (χ0) is 11.2. The van der Waals surface area contributed by atoms with E-state index in [0.717, 1.165) is 11.1 Å². The molecule has 1 aromatic carbocycles. The third kappa shape index (κ3) is 1.21. The summed E-state index contributed by atoms with van der Waals surface area (Å²) in [6.45, 7) is 2.96. The summed E-state index contributed by atoms with van der Waals surface area (Å²) in [6.07, 6.45) is 0.671. The number of hydrogen-bond acceptors (Lipinski definition) is 3. The Kier molecular flexibility index (Phi) is 1.88. The average molecular weight is 215 g/mol. The van der Waals surface area contributed by atoms with Crippen LogP contribution in [0.25, 0.3) is 0 Å². The number of fused-ring (bicyclic) bond motifs is 1. The van der Waals surface area contributed by atoms with Gasteiger partial charge in [0.1, 0.15) is 5.41 Å². The Morgan fingerprint density at radius 3 is 2.19 bits per heavy atom. The van der Waals surface area contributed by atoms with Crippen LogP contribution in [0, 0.1) is 16.7 Å². The van der Waals surface area contributed by atoms with Crippen LogP contribution < -0.4 is 0 Å². The molecule has 1 saturated carbocycles. The van der Waals surface area contributed by atoms with Crippen LogP contribution in [0.4, 0.5) is 0 Å². The van der Waals surface area contributed by atoms with Gasteiger partial charge >= 0.3 is 0 Å². The Labute approximate surface area is 94.6 Å². The van der Waals surface area contributed by atoms with E-state index in [0.29, 0.717) is 19.6 Å². The minimum atomic E-state index is -0.666. The fourth-order valence-electron chi connectivity index (χ4n) is 2.24. The molecule has 16 heavy (non-hydrogen) atoms. The minimum absolute atomic E-state index is 0.477. The molecule has 3 nitrogen and oxygen atoms in total. The summed E-state index contributed by atoms with van der Waals surface area (Å²) in [5, 5.41) is 9.08. The van der Waals surface area contributed by atoms with E-state index in [1.807, 2.05) is 31.2 Å². The summed E-state index contributed by atoms with van der Waals surface area (Å²) >= 11 is 0. The van der Waals surface area contributed by atoms with Crippen LogP contribution in [-0.4, -0.2) is 5.79 Å². The van der Waals surface area contributed by atoms with Gasteiger partial charge < -0.3 is 9.47 Å². The van der Waals surface area contributed by atoms with E-state index < -0.39 is 11.2 Å². The van der Waals surface area contributed by atoms with Crippen molar-refractivity contribution in [1.82, 2.24) is 0 Å². The molecule has 1 aliphatic heterocycles. The molecule has 1 aliphatic carbocycles. The number of nitrogens with zero attached hydrogens (tertiary/aromatic N) is 1. The molecule has 3 heteroatoms. The van der Waals surface area contributed by atoms with Crippen molar-refractivity contribution in [2.45, 2.75) is 32.3 Å². The number of nitriles is 1. The first-order chi connectivity index (χ1) is 7.69. The predicted octanol–water partition coefficient (Wildman–Crippen LogP) is 2.36. The molecule has 1 aromatic rings. The highest BCUT2D eigenvalue weighted by Gasteiger charge is 2.69. The van der Waals surface area contributed by atoms with Crippen LogP contribution in [0.15, 0.2) is 24.3 Å². The maximum absolute atomic E-state index is 9.08. The molecule has 1 heterocycles. The Hall–Kier alpha value is -1.37. The highest BCUT2D eigenvalue weighted by atomic mass is 16.7. The molecule has 1 fully saturated rings. The molecule has 0 aromatic heterocycles. The fraction of sp³-hybridized carbons (Fsp3) is 0.462. The third-order valence-corrected chi connectivity index (χ3v) is 3.59. The molecular weight excluding hydrogens is 202 g/mol. The van der Waals surface area contributed by atoms with E-state index in [4.69, 9.17) is 14.7 Å². The lowest BCUT2D eigenvalue weighted by Crippen LogP contribution is -2.23. The van der Waals surface area contributed by atoms with Gasteiger partial charge in [-0.3, -0.25) is 0 Å². The summed E-state index contributed by atoms with van der Waals surface area (Å²) in [7, 11) is 0. The summed E-state index contributed by atoms with van der Waals surface area (Å²) in [5.74, 6) is -0.666. The molecule has 1 unspecified atom stereocenters. The molecule has 2 aliphatic rings. The molecule has 3 rings (SSSR count). The first-order valence-corrected chi connectivity index (χ1v) is 5.45. The molecule has 1 spiro atoms. The second kappa shape index (κ2) is 3.07. The first kappa shape index (κ1) is 9.83. The second-order valence-electron chi connectivity index (χ2n) is 4.72. The molecule has 0 saturated heterocycles. The van der Waals surface area contributed by atoms with Crippen molar-refractivity contribution in [1.29, 1.82) is 5.26 Å². The SMILES string of the molecule is CC1(C#N)CC12OCc1ccccc1CO2. The smallest absolute Gasteiger partial charge is 0.189 e. The lowest BCUT2D eigenvalue weighted by Gasteiger charge is -2.16. The van der Waals surface area contributed by atoms with Gasteiger partial charge in [-0.25, -0.2) is 0 Å². The standard InChI is InChI=1S/C13H13NO2/c1-12(9-14)8-13(12)15-6-10-4-2-3-5-11(10)7-16-13/h2-5H,6-8H2,1H3. The van der Waals surface area contributed by atoms with E-state index >= 15 is 0 Å². The largest absolute Gasteiger partial charge is 0.344 e. The van der Waals surface area contributed by atoms with Crippen molar-refractivity contribution >= 4 is 0 Å². The van der Waals surface area contributed by atoms with Crippen molar-refractivity contribution < 1.29 is 9.47 Å². The molecule has 1 atom stereocenters. The van der Waals surface area contributed by atoms with Gasteiger partial charge in [0, 0.05) is 6.42 Å². The molecule has 0 radical (unpaired) electrons. The van der Waals surface area contributed by atoms with E-state index in [2.05, 4.69) is 6.07 Å². The number of benzene rings is 1. The lowest BCUT2D eigenvalue weighted by molar-refractivity contribution is -0.189. The van der Waals surface area contributed by atoms with Crippen LogP contribution in [0.5, 0.6) is 0 Å². The number of hydrogen-bond donors (Lipinski definition) is 0. The van der Waals surface area contributed by atoms with E-state index in [-0.39, 0.29) is 0 Å². The molecule has 0 amide bonds. The van der Waals surface area contributed by atoms with Crippen LogP contribution in [-0.2, 0) is 22.7 Å². The molecular formula is C13H13NO2. The van der Waals surface area contributed by atoms with E-state index in [9.17, 15) is 0 Å². The van der Waals surface area contributed by atoms with E-state index in [1.54, 1.807) is 0 Å². The number of ether oxygens (including phenoxy) is 2. The van der Waals surface area contributed by atoms with E-state index in [1.165, 1.54) is 0 Å². The Balaban J connectivity index is 1.88. The van der Waals surface area contributed by atoms with Gasteiger partial charge in [-0.1, -0.05) is 24.3 Å². The van der Waals surface area contributed by atoms with Gasteiger partial charge in [-0.15, -0.1) is 0 Å². The minimum Gasteiger partial charge on any atom is -0.344 e. The van der Waals surface area contributed by atoms with Crippen molar-refractivity contribution in [3.63, 3.8) is 0 Å². The molecule has 82 valence electrons. The quantitative estimate of drug-likeness (QED) is 0.667. The maximum Gasteiger partial charge on any atom is 0.189 e. The van der Waals surface area contributed by atoms with Crippen molar-refractivity contribution in [2.75, 3.05) is 0 Å². The van der Waals surface area contributed by atoms with Crippen LogP contribution in [0.3, 0.4) is 0 Å². The first-order valence-electron chi connectivity index (χ1n) is 5.45. The van der Waals surface area contributed by atoms with Crippen LogP contribution in [0.1, 0.15) is 24.5 Å². The normalized spacial score (nSPS) is 30.2. The summed E-state index contributed by atoms with van der Waals surface area (Å²) in [6, 6.07) is 10.4. The highest BCUT2D eigenvalue weighted by Crippen LogP contribution is 2.60. The molecule has 0 N–H and O–H groups in total. The zero-order valence-electron chi connectivity index (χ0n) is 9.19. The monoisotopic (exact) mass is 215 g/mol. The average Bonchev–Trinajstić information content (AvgIpc) is 2.97. The zero-order valence-corrected chi connectivity index (χ0v) is 9.19. The van der Waals surface area contributed by atoms with Gasteiger partial charge in [0.2, 0.25) is 0 Å².